The van der Waals surface area contributed by atoms with Gasteiger partial charge in [-0.15, -0.1) is 0 Å². The summed E-state index contributed by atoms with van der Waals surface area (Å²) >= 11 is 6.03. The Morgan fingerprint density at radius 2 is 2.12 bits per heavy atom. The van der Waals surface area contributed by atoms with Gasteiger partial charge in [-0.25, -0.2) is 0 Å². The molecule has 1 rings (SSSR count). The van der Waals surface area contributed by atoms with Crippen molar-refractivity contribution >= 4 is 17.3 Å². The summed E-state index contributed by atoms with van der Waals surface area (Å²) in [6.07, 6.45) is 2.46. The monoisotopic (exact) mass is 255 g/mol. The van der Waals surface area contributed by atoms with Crippen LogP contribution in [0, 0.1) is 5.92 Å². The lowest BCUT2D eigenvalue weighted by atomic mass is 10.1. The van der Waals surface area contributed by atoms with Gasteiger partial charge in [0.1, 0.15) is 0 Å². The Morgan fingerprint density at radius 3 is 2.82 bits per heavy atom. The third kappa shape index (κ3) is 5.94. The van der Waals surface area contributed by atoms with E-state index in [2.05, 4.69) is 19.2 Å². The molecule has 0 radical (unpaired) electrons. The number of ether oxygens (including phenoxy) is 1. The minimum Gasteiger partial charge on any atom is -0.382 e. The van der Waals surface area contributed by atoms with Crippen LogP contribution in [0.15, 0.2) is 24.3 Å². The van der Waals surface area contributed by atoms with E-state index >= 15 is 0 Å². The molecular formula is C14H22ClNO. The number of para-hydroxylation sites is 1. The molecule has 0 heterocycles. The molecule has 0 bridgehead atoms. The van der Waals surface area contributed by atoms with E-state index in [1.54, 1.807) is 0 Å². The van der Waals surface area contributed by atoms with Crippen LogP contribution in [-0.2, 0) is 4.74 Å². The summed E-state index contributed by atoms with van der Waals surface area (Å²) in [5.74, 6) is 0.653. The zero-order chi connectivity index (χ0) is 12.5. The Bertz CT molecular complexity index is 317. The predicted octanol–water partition coefficient (Wildman–Crippen LogP) is 4.20. The van der Waals surface area contributed by atoms with Crippen LogP contribution in [0.4, 0.5) is 5.69 Å². The molecule has 1 atom stereocenters. The van der Waals surface area contributed by atoms with Crippen LogP contribution in [0.1, 0.15) is 26.7 Å². The number of hydrogen-bond donors (Lipinski definition) is 1. The average Bonchev–Trinajstić information content (AvgIpc) is 2.31. The first-order valence-corrected chi connectivity index (χ1v) is 6.68. The Labute approximate surface area is 109 Å². The lowest BCUT2D eigenvalue weighted by Crippen LogP contribution is -2.13. The van der Waals surface area contributed by atoms with Crippen molar-refractivity contribution in [2.75, 3.05) is 25.1 Å². The van der Waals surface area contributed by atoms with E-state index in [0.29, 0.717) is 5.92 Å². The number of halogens is 1. The molecule has 0 spiro atoms. The molecule has 1 aromatic rings. The van der Waals surface area contributed by atoms with Crippen LogP contribution < -0.4 is 5.32 Å². The Hall–Kier alpha value is -0.730. The molecule has 96 valence electrons. The third-order valence-corrected chi connectivity index (χ3v) is 2.95. The van der Waals surface area contributed by atoms with Gasteiger partial charge < -0.3 is 10.1 Å². The largest absolute Gasteiger partial charge is 0.382 e. The van der Waals surface area contributed by atoms with Crippen LogP contribution in [0.2, 0.25) is 5.02 Å². The normalized spacial score (nSPS) is 12.4. The van der Waals surface area contributed by atoms with E-state index in [1.165, 1.54) is 12.8 Å². The molecule has 3 heteroatoms. The molecule has 1 aromatic carbocycles. The Kier molecular flexibility index (Phi) is 7.06. The van der Waals surface area contributed by atoms with Crippen molar-refractivity contribution in [3.63, 3.8) is 0 Å². The van der Waals surface area contributed by atoms with Crippen molar-refractivity contribution < 1.29 is 4.74 Å². The highest BCUT2D eigenvalue weighted by molar-refractivity contribution is 6.33. The molecule has 0 saturated carbocycles. The lowest BCUT2D eigenvalue weighted by molar-refractivity contribution is 0.110. The minimum atomic E-state index is 0.653. The molecule has 1 unspecified atom stereocenters. The van der Waals surface area contributed by atoms with Gasteiger partial charge in [0.05, 0.1) is 17.3 Å². The van der Waals surface area contributed by atoms with Gasteiger partial charge >= 0.3 is 0 Å². The highest BCUT2D eigenvalue weighted by atomic mass is 35.5. The van der Waals surface area contributed by atoms with E-state index in [0.717, 1.165) is 30.5 Å². The van der Waals surface area contributed by atoms with Crippen LogP contribution in [0.25, 0.3) is 0 Å². The summed E-state index contributed by atoms with van der Waals surface area (Å²) in [4.78, 5) is 0. The van der Waals surface area contributed by atoms with E-state index in [4.69, 9.17) is 16.3 Å². The molecule has 0 aromatic heterocycles. The number of rotatable bonds is 8. The zero-order valence-electron chi connectivity index (χ0n) is 10.7. The molecule has 0 aliphatic carbocycles. The summed E-state index contributed by atoms with van der Waals surface area (Å²) < 4.78 is 5.60. The highest BCUT2D eigenvalue weighted by Crippen LogP contribution is 2.19. The second-order valence-corrected chi connectivity index (χ2v) is 4.78. The van der Waals surface area contributed by atoms with Crippen molar-refractivity contribution in [3.8, 4) is 0 Å². The Morgan fingerprint density at radius 1 is 1.35 bits per heavy atom. The van der Waals surface area contributed by atoms with Crippen LogP contribution in [0.5, 0.6) is 0 Å². The molecular weight excluding hydrogens is 234 g/mol. The molecule has 17 heavy (non-hydrogen) atoms. The standard InChI is InChI=1S/C14H22ClNO/c1-3-6-12(2)11-17-10-9-16-14-8-5-4-7-13(14)15/h4-5,7-8,12,16H,3,6,9-11H2,1-2H3. The number of benzene rings is 1. The smallest absolute Gasteiger partial charge is 0.0639 e. The van der Waals surface area contributed by atoms with Crippen LogP contribution in [-0.4, -0.2) is 19.8 Å². The third-order valence-electron chi connectivity index (χ3n) is 2.62. The highest BCUT2D eigenvalue weighted by Gasteiger charge is 2.00. The van der Waals surface area contributed by atoms with E-state index in [9.17, 15) is 0 Å². The first kappa shape index (κ1) is 14.3. The summed E-state index contributed by atoms with van der Waals surface area (Å²) in [6, 6.07) is 7.75. The molecule has 0 saturated heterocycles. The molecule has 0 amide bonds. The number of nitrogens with one attached hydrogen (secondary N) is 1. The maximum absolute atomic E-state index is 6.03. The summed E-state index contributed by atoms with van der Waals surface area (Å²) in [5, 5.41) is 4.02. The van der Waals surface area contributed by atoms with Crippen LogP contribution >= 0.6 is 11.6 Å². The lowest BCUT2D eigenvalue weighted by Gasteiger charge is -2.12. The van der Waals surface area contributed by atoms with E-state index in [1.807, 2.05) is 24.3 Å². The quantitative estimate of drug-likeness (QED) is 0.703. The van der Waals surface area contributed by atoms with Crippen LogP contribution in [0.3, 0.4) is 0 Å². The maximum Gasteiger partial charge on any atom is 0.0639 e. The molecule has 0 aliphatic heterocycles. The second-order valence-electron chi connectivity index (χ2n) is 4.38. The second kappa shape index (κ2) is 8.37. The average molecular weight is 256 g/mol. The molecule has 1 N–H and O–H groups in total. The summed E-state index contributed by atoms with van der Waals surface area (Å²) in [5.41, 5.74) is 0.972. The van der Waals surface area contributed by atoms with Gasteiger partial charge in [-0.3, -0.25) is 0 Å². The maximum atomic E-state index is 6.03. The zero-order valence-corrected chi connectivity index (χ0v) is 11.5. The summed E-state index contributed by atoms with van der Waals surface area (Å²) in [7, 11) is 0. The van der Waals surface area contributed by atoms with Gasteiger partial charge in [-0.05, 0) is 24.5 Å². The van der Waals surface area contributed by atoms with Crippen molar-refractivity contribution in [3.05, 3.63) is 29.3 Å². The van der Waals surface area contributed by atoms with Gasteiger partial charge in [0.25, 0.3) is 0 Å². The number of anilines is 1. The fourth-order valence-corrected chi connectivity index (χ4v) is 1.93. The van der Waals surface area contributed by atoms with E-state index in [-0.39, 0.29) is 0 Å². The fraction of sp³-hybridized carbons (Fsp3) is 0.571. The molecule has 0 fully saturated rings. The Balaban J connectivity index is 2.10. The van der Waals surface area contributed by atoms with Gasteiger partial charge in [0, 0.05) is 13.2 Å². The summed E-state index contributed by atoms with van der Waals surface area (Å²) in [6.45, 7) is 6.79. The topological polar surface area (TPSA) is 21.3 Å². The molecule has 0 aliphatic rings. The van der Waals surface area contributed by atoms with Gasteiger partial charge in [0.15, 0.2) is 0 Å². The first-order chi connectivity index (χ1) is 8.24. The van der Waals surface area contributed by atoms with Crippen molar-refractivity contribution in [2.45, 2.75) is 26.7 Å². The van der Waals surface area contributed by atoms with Crippen molar-refractivity contribution in [1.82, 2.24) is 0 Å². The van der Waals surface area contributed by atoms with Gasteiger partial charge in [-0.2, -0.15) is 0 Å². The SMILES string of the molecule is CCCC(C)COCCNc1ccccc1Cl. The van der Waals surface area contributed by atoms with Crippen molar-refractivity contribution in [2.24, 2.45) is 5.92 Å². The predicted molar refractivity (Wildman–Crippen MR) is 74.8 cm³/mol. The van der Waals surface area contributed by atoms with Crippen molar-refractivity contribution in [1.29, 1.82) is 0 Å². The van der Waals surface area contributed by atoms with Gasteiger partial charge in [-0.1, -0.05) is 44.0 Å². The molecule has 2 nitrogen and oxygen atoms in total. The fourth-order valence-electron chi connectivity index (χ4n) is 1.72. The van der Waals surface area contributed by atoms with Gasteiger partial charge in [0.2, 0.25) is 0 Å². The van der Waals surface area contributed by atoms with E-state index < -0.39 is 0 Å². The number of hydrogen-bond acceptors (Lipinski definition) is 2. The first-order valence-electron chi connectivity index (χ1n) is 6.30. The minimum absolute atomic E-state index is 0.653.